The molecule has 3 N–H and O–H groups in total. The van der Waals surface area contributed by atoms with Crippen molar-refractivity contribution in [1.82, 2.24) is 0 Å². The van der Waals surface area contributed by atoms with Crippen LogP contribution in [0.1, 0.15) is 25.3 Å². The molecule has 2 rings (SSSR count). The first-order valence-electron chi connectivity index (χ1n) is 7.07. The number of ether oxygens (including phenoxy) is 2. The fraction of sp³-hybridized carbons (Fsp3) is 0.533. The minimum absolute atomic E-state index is 0.0897. The number of aliphatic carboxylic acids is 1. The molecule has 1 aliphatic heterocycles. The van der Waals surface area contributed by atoms with Crippen molar-refractivity contribution in [1.29, 1.82) is 0 Å². The fourth-order valence-corrected chi connectivity index (χ4v) is 2.35. The molecule has 0 spiro atoms. The Labute approximate surface area is 123 Å². The molecule has 1 fully saturated rings. The summed E-state index contributed by atoms with van der Waals surface area (Å²) in [5, 5.41) is 21.8. The van der Waals surface area contributed by atoms with E-state index in [-0.39, 0.29) is 12.8 Å². The summed E-state index contributed by atoms with van der Waals surface area (Å²) >= 11 is 0. The van der Waals surface area contributed by atoms with Gasteiger partial charge in [0.25, 0.3) is 0 Å². The summed E-state index contributed by atoms with van der Waals surface area (Å²) in [5.74, 6) is -0.436. The smallest absolute Gasteiger partial charge is 0.333 e. The zero-order chi connectivity index (χ0) is 15.4. The maximum absolute atomic E-state index is 11.0. The number of aliphatic hydroxyl groups is 1. The average molecular weight is 295 g/mol. The molecule has 6 nitrogen and oxygen atoms in total. The molecule has 116 valence electrons. The molecule has 3 unspecified atom stereocenters. The number of hydrogen-bond acceptors (Lipinski definition) is 5. The summed E-state index contributed by atoms with van der Waals surface area (Å²) in [4.78, 5) is 11.0. The SMILES string of the molecule is CCc1ccc(NC)cc1OC1CC(O)CC(C(=O)O)O1. The van der Waals surface area contributed by atoms with Gasteiger partial charge in [-0.15, -0.1) is 0 Å². The van der Waals surface area contributed by atoms with Crippen molar-refractivity contribution in [2.75, 3.05) is 12.4 Å². The van der Waals surface area contributed by atoms with Gasteiger partial charge in [0.15, 0.2) is 6.10 Å². The second kappa shape index (κ2) is 6.78. The van der Waals surface area contributed by atoms with Crippen molar-refractivity contribution >= 4 is 11.7 Å². The lowest BCUT2D eigenvalue weighted by Gasteiger charge is -2.31. The number of anilines is 1. The van der Waals surface area contributed by atoms with Crippen LogP contribution in [0.2, 0.25) is 0 Å². The number of carboxylic acids is 1. The lowest BCUT2D eigenvalue weighted by Crippen LogP contribution is -2.42. The predicted octanol–water partition coefficient (Wildman–Crippen LogP) is 1.62. The highest BCUT2D eigenvalue weighted by atomic mass is 16.7. The van der Waals surface area contributed by atoms with E-state index in [0.717, 1.165) is 17.7 Å². The van der Waals surface area contributed by atoms with E-state index in [9.17, 15) is 9.90 Å². The number of hydrogen-bond donors (Lipinski definition) is 3. The van der Waals surface area contributed by atoms with E-state index in [1.54, 1.807) is 0 Å². The molecular weight excluding hydrogens is 274 g/mol. The Hall–Kier alpha value is -1.79. The molecule has 0 saturated carbocycles. The average Bonchev–Trinajstić information content (AvgIpc) is 2.46. The zero-order valence-electron chi connectivity index (χ0n) is 12.2. The Morgan fingerprint density at radius 2 is 2.24 bits per heavy atom. The van der Waals surface area contributed by atoms with Gasteiger partial charge in [-0.2, -0.15) is 0 Å². The van der Waals surface area contributed by atoms with Crippen LogP contribution in [0.5, 0.6) is 5.75 Å². The van der Waals surface area contributed by atoms with E-state index < -0.39 is 24.5 Å². The molecule has 1 aromatic carbocycles. The molecule has 1 heterocycles. The van der Waals surface area contributed by atoms with Crippen LogP contribution in [0.25, 0.3) is 0 Å². The monoisotopic (exact) mass is 295 g/mol. The van der Waals surface area contributed by atoms with Gasteiger partial charge in [0.2, 0.25) is 6.29 Å². The van der Waals surface area contributed by atoms with Gasteiger partial charge in [-0.1, -0.05) is 13.0 Å². The van der Waals surface area contributed by atoms with Crippen LogP contribution in [-0.2, 0) is 16.0 Å². The second-order valence-electron chi connectivity index (χ2n) is 5.06. The first kappa shape index (κ1) is 15.6. The summed E-state index contributed by atoms with van der Waals surface area (Å²) in [7, 11) is 1.81. The number of benzene rings is 1. The van der Waals surface area contributed by atoms with E-state index in [1.165, 1.54) is 0 Å². The number of aliphatic hydroxyl groups excluding tert-OH is 1. The van der Waals surface area contributed by atoms with Gasteiger partial charge in [-0.3, -0.25) is 0 Å². The van der Waals surface area contributed by atoms with Crippen molar-refractivity contribution in [3.8, 4) is 5.75 Å². The van der Waals surface area contributed by atoms with Crippen molar-refractivity contribution in [2.45, 2.75) is 44.7 Å². The maximum atomic E-state index is 11.0. The number of carboxylic acid groups (broad SMARTS) is 1. The van der Waals surface area contributed by atoms with Gasteiger partial charge in [-0.05, 0) is 18.1 Å². The number of carbonyl (C=O) groups is 1. The van der Waals surface area contributed by atoms with E-state index in [2.05, 4.69) is 5.32 Å². The van der Waals surface area contributed by atoms with Gasteiger partial charge in [-0.25, -0.2) is 4.79 Å². The highest BCUT2D eigenvalue weighted by Gasteiger charge is 2.34. The molecule has 1 saturated heterocycles. The lowest BCUT2D eigenvalue weighted by atomic mass is 10.1. The molecule has 1 aromatic rings. The Morgan fingerprint density at radius 1 is 1.48 bits per heavy atom. The van der Waals surface area contributed by atoms with E-state index in [1.807, 2.05) is 32.2 Å². The van der Waals surface area contributed by atoms with Gasteiger partial charge < -0.3 is 25.0 Å². The summed E-state index contributed by atoms with van der Waals surface area (Å²) in [6.07, 6.45) is -1.38. The Morgan fingerprint density at radius 3 is 2.86 bits per heavy atom. The highest BCUT2D eigenvalue weighted by Crippen LogP contribution is 2.28. The molecule has 0 amide bonds. The minimum Gasteiger partial charge on any atom is -0.479 e. The van der Waals surface area contributed by atoms with Crippen LogP contribution >= 0.6 is 0 Å². The van der Waals surface area contributed by atoms with Crippen molar-refractivity contribution < 1.29 is 24.5 Å². The van der Waals surface area contributed by atoms with Gasteiger partial charge in [0.05, 0.1) is 6.10 Å². The lowest BCUT2D eigenvalue weighted by molar-refractivity contribution is -0.195. The van der Waals surface area contributed by atoms with Crippen LogP contribution < -0.4 is 10.1 Å². The quantitative estimate of drug-likeness (QED) is 0.765. The molecular formula is C15H21NO5. The molecule has 0 bridgehead atoms. The second-order valence-corrected chi connectivity index (χ2v) is 5.06. The molecule has 21 heavy (non-hydrogen) atoms. The van der Waals surface area contributed by atoms with E-state index in [4.69, 9.17) is 14.6 Å². The van der Waals surface area contributed by atoms with E-state index >= 15 is 0 Å². The summed E-state index contributed by atoms with van der Waals surface area (Å²) in [6, 6.07) is 5.75. The van der Waals surface area contributed by atoms with Gasteiger partial charge in [0.1, 0.15) is 5.75 Å². The molecule has 0 radical (unpaired) electrons. The van der Waals surface area contributed by atoms with Crippen LogP contribution in [0.3, 0.4) is 0 Å². The van der Waals surface area contributed by atoms with Crippen LogP contribution in [0.15, 0.2) is 18.2 Å². The summed E-state index contributed by atoms with van der Waals surface area (Å²) in [6.45, 7) is 2.01. The van der Waals surface area contributed by atoms with Gasteiger partial charge in [0, 0.05) is 31.6 Å². The molecule has 3 atom stereocenters. The Balaban J connectivity index is 2.14. The molecule has 6 heteroatoms. The topological polar surface area (TPSA) is 88.0 Å². The summed E-state index contributed by atoms with van der Waals surface area (Å²) < 4.78 is 11.2. The van der Waals surface area contributed by atoms with Crippen molar-refractivity contribution in [3.05, 3.63) is 23.8 Å². The number of rotatable bonds is 5. The number of nitrogens with one attached hydrogen (secondary N) is 1. The highest BCUT2D eigenvalue weighted by molar-refractivity contribution is 5.72. The van der Waals surface area contributed by atoms with Crippen molar-refractivity contribution in [2.24, 2.45) is 0 Å². The maximum Gasteiger partial charge on any atom is 0.333 e. The Bertz CT molecular complexity index is 505. The van der Waals surface area contributed by atoms with E-state index in [0.29, 0.717) is 5.75 Å². The Kier molecular flexibility index (Phi) is 5.03. The normalized spacial score (nSPS) is 25.4. The standard InChI is InChI=1S/C15H21NO5/c1-3-9-4-5-10(16-2)6-12(9)20-14-8-11(17)7-13(21-14)15(18)19/h4-6,11,13-14,16-17H,3,7-8H2,1-2H3,(H,18,19). The third kappa shape index (κ3) is 3.86. The zero-order valence-corrected chi connectivity index (χ0v) is 12.2. The predicted molar refractivity (Wildman–Crippen MR) is 77.5 cm³/mol. The van der Waals surface area contributed by atoms with Gasteiger partial charge >= 0.3 is 5.97 Å². The molecule has 1 aliphatic rings. The minimum atomic E-state index is -1.08. The van der Waals surface area contributed by atoms with Crippen LogP contribution in [0, 0.1) is 0 Å². The fourth-order valence-electron chi connectivity index (χ4n) is 2.35. The summed E-state index contributed by atoms with van der Waals surface area (Å²) in [5.41, 5.74) is 1.90. The van der Waals surface area contributed by atoms with Crippen molar-refractivity contribution in [3.63, 3.8) is 0 Å². The third-order valence-electron chi connectivity index (χ3n) is 3.54. The first-order chi connectivity index (χ1) is 10.0. The van der Waals surface area contributed by atoms with Crippen LogP contribution in [0.4, 0.5) is 5.69 Å². The number of aryl methyl sites for hydroxylation is 1. The molecule has 0 aromatic heterocycles. The third-order valence-corrected chi connectivity index (χ3v) is 3.54. The van der Waals surface area contributed by atoms with Crippen LogP contribution in [-0.4, -0.2) is 41.7 Å². The molecule has 0 aliphatic carbocycles. The first-order valence-corrected chi connectivity index (χ1v) is 7.07. The largest absolute Gasteiger partial charge is 0.479 e.